The molecule has 0 saturated heterocycles. The molecule has 3 aromatic heterocycles. The number of para-hydroxylation sites is 1. The number of rotatable bonds is 4. The van der Waals surface area contributed by atoms with Crippen LogP contribution in [0.3, 0.4) is 0 Å². The molecular formula is C23H23N5O. The Morgan fingerprint density at radius 3 is 2.62 bits per heavy atom. The summed E-state index contributed by atoms with van der Waals surface area (Å²) in [7, 11) is 1.89. The number of aryl methyl sites for hydroxylation is 2. The molecule has 0 aliphatic heterocycles. The third kappa shape index (κ3) is 3.49. The summed E-state index contributed by atoms with van der Waals surface area (Å²) < 4.78 is 1.81. The van der Waals surface area contributed by atoms with E-state index in [1.165, 1.54) is 0 Å². The summed E-state index contributed by atoms with van der Waals surface area (Å²) in [6, 6.07) is 13.2. The van der Waals surface area contributed by atoms with Crippen molar-refractivity contribution < 1.29 is 4.79 Å². The monoisotopic (exact) mass is 385 g/mol. The Kier molecular flexibility index (Phi) is 4.84. The van der Waals surface area contributed by atoms with Crippen molar-refractivity contribution >= 4 is 16.8 Å². The first-order chi connectivity index (χ1) is 14.0. The van der Waals surface area contributed by atoms with Crippen LogP contribution in [0, 0.1) is 13.8 Å². The second kappa shape index (κ2) is 7.47. The lowest BCUT2D eigenvalue weighted by atomic mass is 10.0. The standard InChI is InChI=1S/C23H23N5O/c1-14-8-7-9-17-18(12-21(27-22(14)17)20-10-5-6-11-24-20)23(29)26-15(2)19-13-25-28(4)16(19)3/h5-13,15H,1-4H3,(H,26,29). The second-order valence-corrected chi connectivity index (χ2v) is 7.25. The highest BCUT2D eigenvalue weighted by Crippen LogP contribution is 2.26. The van der Waals surface area contributed by atoms with Crippen LogP contribution in [0.4, 0.5) is 0 Å². The van der Waals surface area contributed by atoms with E-state index in [9.17, 15) is 4.79 Å². The fourth-order valence-corrected chi connectivity index (χ4v) is 3.52. The number of hydrogen-bond acceptors (Lipinski definition) is 4. The van der Waals surface area contributed by atoms with E-state index in [0.29, 0.717) is 11.3 Å². The maximum Gasteiger partial charge on any atom is 0.252 e. The van der Waals surface area contributed by atoms with E-state index in [2.05, 4.69) is 15.4 Å². The van der Waals surface area contributed by atoms with Crippen LogP contribution in [0.5, 0.6) is 0 Å². The van der Waals surface area contributed by atoms with Gasteiger partial charge in [0, 0.05) is 29.9 Å². The first-order valence-corrected chi connectivity index (χ1v) is 9.57. The van der Waals surface area contributed by atoms with Crippen LogP contribution in [0.1, 0.15) is 40.1 Å². The van der Waals surface area contributed by atoms with Crippen molar-refractivity contribution in [2.24, 2.45) is 7.05 Å². The van der Waals surface area contributed by atoms with Gasteiger partial charge in [-0.1, -0.05) is 24.3 Å². The molecule has 1 amide bonds. The van der Waals surface area contributed by atoms with Crippen LogP contribution in [0.15, 0.2) is 54.9 Å². The maximum atomic E-state index is 13.3. The van der Waals surface area contributed by atoms with E-state index in [1.807, 2.05) is 75.0 Å². The lowest BCUT2D eigenvalue weighted by molar-refractivity contribution is 0.0941. The Labute approximate surface area is 169 Å². The topological polar surface area (TPSA) is 72.7 Å². The van der Waals surface area contributed by atoms with Gasteiger partial charge < -0.3 is 5.32 Å². The molecule has 4 rings (SSSR count). The van der Waals surface area contributed by atoms with Crippen LogP contribution in [-0.2, 0) is 7.05 Å². The highest BCUT2D eigenvalue weighted by Gasteiger charge is 2.19. The molecule has 4 aromatic rings. The van der Waals surface area contributed by atoms with Gasteiger partial charge in [0.2, 0.25) is 0 Å². The largest absolute Gasteiger partial charge is 0.345 e. The van der Waals surface area contributed by atoms with Crippen LogP contribution in [0.2, 0.25) is 0 Å². The molecule has 0 bridgehead atoms. The van der Waals surface area contributed by atoms with Gasteiger partial charge in [-0.25, -0.2) is 4.98 Å². The molecule has 6 nitrogen and oxygen atoms in total. The number of hydrogen-bond donors (Lipinski definition) is 1. The molecule has 1 atom stereocenters. The Morgan fingerprint density at radius 1 is 1.10 bits per heavy atom. The van der Waals surface area contributed by atoms with Gasteiger partial charge in [0.25, 0.3) is 5.91 Å². The van der Waals surface area contributed by atoms with Crippen LogP contribution >= 0.6 is 0 Å². The average molecular weight is 385 g/mol. The number of amides is 1. The number of benzene rings is 1. The van der Waals surface area contributed by atoms with Crippen LogP contribution < -0.4 is 5.32 Å². The zero-order valence-electron chi connectivity index (χ0n) is 17.0. The molecular weight excluding hydrogens is 362 g/mol. The summed E-state index contributed by atoms with van der Waals surface area (Å²) in [6.45, 7) is 5.96. The van der Waals surface area contributed by atoms with Crippen molar-refractivity contribution in [1.82, 2.24) is 25.1 Å². The summed E-state index contributed by atoms with van der Waals surface area (Å²) in [4.78, 5) is 22.5. The van der Waals surface area contributed by atoms with Gasteiger partial charge in [-0.2, -0.15) is 5.10 Å². The highest BCUT2D eigenvalue weighted by molar-refractivity contribution is 6.07. The smallest absolute Gasteiger partial charge is 0.252 e. The molecule has 0 aliphatic carbocycles. The van der Waals surface area contributed by atoms with Gasteiger partial charge in [-0.3, -0.25) is 14.5 Å². The molecule has 29 heavy (non-hydrogen) atoms. The third-order valence-electron chi connectivity index (χ3n) is 5.30. The summed E-state index contributed by atoms with van der Waals surface area (Å²) in [5, 5.41) is 8.23. The molecule has 3 heterocycles. The highest BCUT2D eigenvalue weighted by atomic mass is 16.1. The van der Waals surface area contributed by atoms with Crippen molar-refractivity contribution in [3.63, 3.8) is 0 Å². The third-order valence-corrected chi connectivity index (χ3v) is 5.30. The zero-order chi connectivity index (χ0) is 20.5. The molecule has 6 heteroatoms. The molecule has 146 valence electrons. The molecule has 0 radical (unpaired) electrons. The van der Waals surface area contributed by atoms with Crippen LogP contribution in [-0.4, -0.2) is 25.7 Å². The van der Waals surface area contributed by atoms with Crippen molar-refractivity contribution in [2.45, 2.75) is 26.8 Å². The molecule has 1 unspecified atom stereocenters. The quantitative estimate of drug-likeness (QED) is 0.573. The van der Waals surface area contributed by atoms with Gasteiger partial charge in [-0.05, 0) is 44.5 Å². The molecule has 0 fully saturated rings. The van der Waals surface area contributed by atoms with Gasteiger partial charge >= 0.3 is 0 Å². The van der Waals surface area contributed by atoms with E-state index < -0.39 is 0 Å². The van der Waals surface area contributed by atoms with Gasteiger partial charge in [0.15, 0.2) is 0 Å². The van der Waals surface area contributed by atoms with Crippen molar-refractivity contribution in [1.29, 1.82) is 0 Å². The van der Waals surface area contributed by atoms with E-state index in [0.717, 1.165) is 33.4 Å². The fraction of sp³-hybridized carbons (Fsp3) is 0.217. The number of nitrogens with zero attached hydrogens (tertiary/aromatic N) is 4. The van der Waals surface area contributed by atoms with Gasteiger partial charge in [-0.15, -0.1) is 0 Å². The average Bonchev–Trinajstić information content (AvgIpc) is 3.07. The first-order valence-electron chi connectivity index (χ1n) is 9.57. The van der Waals surface area contributed by atoms with Gasteiger partial charge in [0.1, 0.15) is 0 Å². The fourth-order valence-electron chi connectivity index (χ4n) is 3.52. The molecule has 0 spiro atoms. The molecule has 1 aromatic carbocycles. The maximum absolute atomic E-state index is 13.3. The number of fused-ring (bicyclic) bond motifs is 1. The summed E-state index contributed by atoms with van der Waals surface area (Å²) in [6.07, 6.45) is 3.53. The van der Waals surface area contributed by atoms with E-state index in [-0.39, 0.29) is 11.9 Å². The molecule has 0 aliphatic rings. The normalized spacial score (nSPS) is 12.1. The lowest BCUT2D eigenvalue weighted by Crippen LogP contribution is -2.27. The minimum atomic E-state index is -0.164. The van der Waals surface area contributed by atoms with Crippen LogP contribution in [0.25, 0.3) is 22.3 Å². The number of aromatic nitrogens is 4. The molecule has 0 saturated carbocycles. The van der Waals surface area contributed by atoms with E-state index >= 15 is 0 Å². The number of pyridine rings is 2. The van der Waals surface area contributed by atoms with Gasteiger partial charge in [0.05, 0.1) is 34.7 Å². The number of carbonyl (C=O) groups is 1. The molecule has 1 N–H and O–H groups in total. The Morgan fingerprint density at radius 2 is 1.93 bits per heavy atom. The summed E-state index contributed by atoms with van der Waals surface area (Å²) in [5.41, 5.74) is 5.87. The van der Waals surface area contributed by atoms with Crippen molar-refractivity contribution in [3.05, 3.63) is 77.2 Å². The number of nitrogens with one attached hydrogen (secondary N) is 1. The first kappa shape index (κ1) is 18.8. The second-order valence-electron chi connectivity index (χ2n) is 7.25. The SMILES string of the molecule is Cc1cccc2c(C(=O)NC(C)c3cnn(C)c3C)cc(-c3ccccn3)nc12. The Balaban J connectivity index is 1.78. The predicted molar refractivity (Wildman–Crippen MR) is 114 cm³/mol. The zero-order valence-corrected chi connectivity index (χ0v) is 17.0. The van der Waals surface area contributed by atoms with E-state index in [1.54, 1.807) is 12.4 Å². The Hall–Kier alpha value is -3.54. The summed E-state index contributed by atoms with van der Waals surface area (Å²) >= 11 is 0. The predicted octanol–water partition coefficient (Wildman–Crippen LogP) is 4.14. The van der Waals surface area contributed by atoms with Crippen molar-refractivity contribution in [3.8, 4) is 11.4 Å². The van der Waals surface area contributed by atoms with E-state index in [4.69, 9.17) is 4.98 Å². The summed E-state index contributed by atoms with van der Waals surface area (Å²) in [5.74, 6) is -0.143. The minimum Gasteiger partial charge on any atom is -0.345 e. The Bertz CT molecular complexity index is 1200. The lowest BCUT2D eigenvalue weighted by Gasteiger charge is -2.16. The number of carbonyl (C=O) groups excluding carboxylic acids is 1. The van der Waals surface area contributed by atoms with Crippen molar-refractivity contribution in [2.75, 3.05) is 0 Å². The minimum absolute atomic E-state index is 0.143.